The van der Waals surface area contributed by atoms with Gasteiger partial charge in [-0.2, -0.15) is 5.10 Å². The van der Waals surface area contributed by atoms with E-state index < -0.39 is 0 Å². The van der Waals surface area contributed by atoms with Crippen molar-refractivity contribution in [3.05, 3.63) is 78.0 Å². The summed E-state index contributed by atoms with van der Waals surface area (Å²) in [4.78, 5) is 2.56. The van der Waals surface area contributed by atoms with Gasteiger partial charge in [0, 0.05) is 44.0 Å². The molecule has 2 aromatic carbocycles. The lowest BCUT2D eigenvalue weighted by molar-refractivity contribution is -0.0985. The molecule has 2 heterocycles. The predicted octanol–water partition coefficient (Wildman–Crippen LogP) is 4.44. The maximum atomic E-state index is 6.52. The van der Waals surface area contributed by atoms with Crippen molar-refractivity contribution in [2.75, 3.05) is 13.1 Å². The molecule has 1 saturated carbocycles. The Labute approximate surface area is 166 Å². The van der Waals surface area contributed by atoms with E-state index in [2.05, 4.69) is 71.8 Å². The minimum atomic E-state index is 0.150. The van der Waals surface area contributed by atoms with Crippen LogP contribution in [0.4, 0.5) is 0 Å². The van der Waals surface area contributed by atoms with E-state index in [1.54, 1.807) is 0 Å². The highest BCUT2D eigenvalue weighted by Gasteiger charge is 2.39. The molecule has 0 radical (unpaired) electrons. The molecule has 5 rings (SSSR count). The van der Waals surface area contributed by atoms with Crippen LogP contribution in [0.15, 0.2) is 66.9 Å². The second kappa shape index (κ2) is 7.53. The van der Waals surface area contributed by atoms with E-state index in [9.17, 15) is 0 Å². The number of aryl methyl sites for hydroxylation is 1. The molecular formula is C24H27N3O. The van der Waals surface area contributed by atoms with E-state index >= 15 is 0 Å². The van der Waals surface area contributed by atoms with Gasteiger partial charge in [-0.3, -0.25) is 9.58 Å². The van der Waals surface area contributed by atoms with Crippen molar-refractivity contribution in [3.8, 4) is 11.3 Å². The Bertz CT molecular complexity index is 918. The fourth-order valence-electron chi connectivity index (χ4n) is 4.30. The summed E-state index contributed by atoms with van der Waals surface area (Å²) in [7, 11) is 2.01. The van der Waals surface area contributed by atoms with Gasteiger partial charge >= 0.3 is 0 Å². The zero-order chi connectivity index (χ0) is 18.9. The highest BCUT2D eigenvalue weighted by atomic mass is 16.5. The summed E-state index contributed by atoms with van der Waals surface area (Å²) in [6, 6.07) is 21.2. The Morgan fingerprint density at radius 2 is 1.68 bits per heavy atom. The molecular weight excluding hydrogens is 346 g/mol. The first-order valence-corrected chi connectivity index (χ1v) is 10.3. The van der Waals surface area contributed by atoms with E-state index in [0.29, 0.717) is 6.10 Å². The van der Waals surface area contributed by atoms with Crippen LogP contribution in [0.1, 0.15) is 30.1 Å². The first-order chi connectivity index (χ1) is 13.8. The molecule has 2 aliphatic rings. The second-order valence-corrected chi connectivity index (χ2v) is 8.15. The Balaban J connectivity index is 1.40. The summed E-state index contributed by atoms with van der Waals surface area (Å²) >= 11 is 0. The molecule has 2 atom stereocenters. The van der Waals surface area contributed by atoms with Gasteiger partial charge in [0.25, 0.3) is 0 Å². The van der Waals surface area contributed by atoms with Crippen molar-refractivity contribution in [3.63, 3.8) is 0 Å². The molecule has 0 unspecified atom stereocenters. The fourth-order valence-corrected chi connectivity index (χ4v) is 4.30. The lowest BCUT2D eigenvalue weighted by atomic mass is 10.0. The number of rotatable bonds is 5. The van der Waals surface area contributed by atoms with Crippen LogP contribution in [0, 0.1) is 5.92 Å². The topological polar surface area (TPSA) is 30.3 Å². The van der Waals surface area contributed by atoms with E-state index in [4.69, 9.17) is 9.84 Å². The fraction of sp³-hybridized carbons (Fsp3) is 0.375. The van der Waals surface area contributed by atoms with Gasteiger partial charge in [-0.05, 0) is 24.3 Å². The third-order valence-corrected chi connectivity index (χ3v) is 5.87. The smallest absolute Gasteiger partial charge is 0.0968 e. The SMILES string of the molecule is Cn1cc(CN2C[C@@H](c3ccccc3)O[C@@H](C3CC3)C2)c(-c2ccccc2)n1. The van der Waals surface area contributed by atoms with Gasteiger partial charge in [-0.1, -0.05) is 60.7 Å². The van der Waals surface area contributed by atoms with Crippen LogP contribution in [0.3, 0.4) is 0 Å². The number of nitrogens with zero attached hydrogens (tertiary/aromatic N) is 3. The number of aromatic nitrogens is 2. The molecule has 1 aliphatic heterocycles. The minimum absolute atomic E-state index is 0.150. The summed E-state index contributed by atoms with van der Waals surface area (Å²) in [5.74, 6) is 0.733. The highest BCUT2D eigenvalue weighted by Crippen LogP contribution is 2.40. The van der Waals surface area contributed by atoms with Crippen LogP contribution in [0.25, 0.3) is 11.3 Å². The molecule has 3 aromatic rings. The van der Waals surface area contributed by atoms with Crippen LogP contribution in [0.2, 0.25) is 0 Å². The van der Waals surface area contributed by atoms with Gasteiger partial charge in [0.2, 0.25) is 0 Å². The Morgan fingerprint density at radius 1 is 0.964 bits per heavy atom. The monoisotopic (exact) mass is 373 g/mol. The average molecular weight is 374 g/mol. The van der Waals surface area contributed by atoms with Gasteiger partial charge in [0.05, 0.1) is 17.9 Å². The van der Waals surface area contributed by atoms with Crippen molar-refractivity contribution >= 4 is 0 Å². The van der Waals surface area contributed by atoms with Gasteiger partial charge in [-0.15, -0.1) is 0 Å². The van der Waals surface area contributed by atoms with Crippen LogP contribution in [-0.4, -0.2) is 33.9 Å². The molecule has 1 aromatic heterocycles. The van der Waals surface area contributed by atoms with Crippen LogP contribution in [-0.2, 0) is 18.3 Å². The van der Waals surface area contributed by atoms with Crippen molar-refractivity contribution in [2.24, 2.45) is 13.0 Å². The van der Waals surface area contributed by atoms with Crippen LogP contribution in [0.5, 0.6) is 0 Å². The first kappa shape index (κ1) is 17.7. The average Bonchev–Trinajstić information content (AvgIpc) is 3.52. The molecule has 2 fully saturated rings. The van der Waals surface area contributed by atoms with Crippen LogP contribution >= 0.6 is 0 Å². The van der Waals surface area contributed by atoms with Gasteiger partial charge < -0.3 is 4.74 Å². The predicted molar refractivity (Wildman–Crippen MR) is 111 cm³/mol. The number of ether oxygens (including phenoxy) is 1. The molecule has 4 nitrogen and oxygen atoms in total. The molecule has 1 saturated heterocycles. The van der Waals surface area contributed by atoms with E-state index in [1.807, 2.05) is 11.7 Å². The summed E-state index contributed by atoms with van der Waals surface area (Å²) < 4.78 is 8.46. The van der Waals surface area contributed by atoms with Gasteiger partial charge in [-0.25, -0.2) is 0 Å². The molecule has 0 bridgehead atoms. The molecule has 4 heteroatoms. The Hall–Kier alpha value is -2.43. The van der Waals surface area contributed by atoms with E-state index in [-0.39, 0.29) is 6.10 Å². The lowest BCUT2D eigenvalue weighted by Crippen LogP contribution is -2.44. The molecule has 0 amide bonds. The standard InChI is InChI=1S/C24H27N3O/c1-26-14-21(24(25-26)20-10-6-3-7-11-20)15-27-16-22(18-8-4-2-5-9-18)28-23(17-27)19-12-13-19/h2-11,14,19,22-23H,12-13,15-17H2,1H3/t22-,23+/m0/s1. The Kier molecular flexibility index (Phi) is 4.75. The normalized spacial score (nSPS) is 23.0. The minimum Gasteiger partial charge on any atom is -0.367 e. The first-order valence-electron chi connectivity index (χ1n) is 10.3. The van der Waals surface area contributed by atoms with Crippen molar-refractivity contribution in [1.82, 2.24) is 14.7 Å². The third-order valence-electron chi connectivity index (χ3n) is 5.87. The molecule has 0 N–H and O–H groups in total. The zero-order valence-electron chi connectivity index (χ0n) is 16.4. The summed E-state index contributed by atoms with van der Waals surface area (Å²) in [5.41, 5.74) is 4.85. The quantitative estimate of drug-likeness (QED) is 0.662. The number of morpholine rings is 1. The number of hydrogen-bond donors (Lipinski definition) is 0. The van der Waals surface area contributed by atoms with Gasteiger partial charge in [0.1, 0.15) is 0 Å². The maximum Gasteiger partial charge on any atom is 0.0968 e. The van der Waals surface area contributed by atoms with E-state index in [0.717, 1.165) is 31.2 Å². The van der Waals surface area contributed by atoms with Crippen molar-refractivity contribution in [2.45, 2.75) is 31.6 Å². The molecule has 0 spiro atoms. The molecule has 144 valence electrons. The van der Waals surface area contributed by atoms with E-state index in [1.165, 1.54) is 29.5 Å². The van der Waals surface area contributed by atoms with Crippen LogP contribution < -0.4 is 0 Å². The largest absolute Gasteiger partial charge is 0.367 e. The lowest BCUT2D eigenvalue weighted by Gasteiger charge is -2.38. The second-order valence-electron chi connectivity index (χ2n) is 8.15. The number of benzene rings is 2. The molecule has 28 heavy (non-hydrogen) atoms. The van der Waals surface area contributed by atoms with Crippen molar-refractivity contribution < 1.29 is 4.74 Å². The number of hydrogen-bond acceptors (Lipinski definition) is 3. The Morgan fingerprint density at radius 3 is 2.39 bits per heavy atom. The summed E-state index contributed by atoms with van der Waals surface area (Å²) in [6.07, 6.45) is 5.28. The van der Waals surface area contributed by atoms with Crippen molar-refractivity contribution in [1.29, 1.82) is 0 Å². The molecule has 1 aliphatic carbocycles. The maximum absolute atomic E-state index is 6.52. The zero-order valence-corrected chi connectivity index (χ0v) is 16.4. The summed E-state index contributed by atoms with van der Waals surface area (Å²) in [5, 5.41) is 4.75. The highest BCUT2D eigenvalue weighted by molar-refractivity contribution is 5.62. The summed E-state index contributed by atoms with van der Waals surface area (Å²) in [6.45, 7) is 2.85. The third kappa shape index (κ3) is 3.75. The van der Waals surface area contributed by atoms with Gasteiger partial charge in [0.15, 0.2) is 0 Å².